The van der Waals surface area contributed by atoms with E-state index in [9.17, 15) is 24.1 Å². The summed E-state index contributed by atoms with van der Waals surface area (Å²) in [7, 11) is -3.39. The normalized spacial score (nSPS) is 20.9. The molecule has 1 aliphatic heterocycles. The van der Waals surface area contributed by atoms with E-state index in [2.05, 4.69) is 4.72 Å². The van der Waals surface area contributed by atoms with Crippen LogP contribution in [0.3, 0.4) is 0 Å². The lowest BCUT2D eigenvalue weighted by Crippen LogP contribution is -2.25. The minimum absolute atomic E-state index is 0.0469. The Hall–Kier alpha value is -2.04. The SMILES string of the molecule is CC(=O)OCC(C)CCc1ccc2cc(O)c(N3CC(O)NS3(O)O)cc2c1. The second-order valence-electron chi connectivity index (χ2n) is 7.18. The number of aryl methyl sites for hydroxylation is 1. The summed E-state index contributed by atoms with van der Waals surface area (Å²) in [5, 5.41) is 21.7. The van der Waals surface area contributed by atoms with Crippen molar-refractivity contribution in [2.75, 3.05) is 17.5 Å². The predicted molar refractivity (Wildman–Crippen MR) is 109 cm³/mol. The number of phenolic OH excluding ortho intramolecular Hbond substituents is 1. The summed E-state index contributed by atoms with van der Waals surface area (Å²) in [6.45, 7) is 3.77. The van der Waals surface area contributed by atoms with Gasteiger partial charge in [-0.05, 0) is 47.2 Å². The molecule has 5 N–H and O–H groups in total. The van der Waals surface area contributed by atoms with Crippen LogP contribution in [0.15, 0.2) is 30.3 Å². The molecule has 0 spiro atoms. The van der Waals surface area contributed by atoms with Crippen LogP contribution >= 0.6 is 11.0 Å². The van der Waals surface area contributed by atoms with Gasteiger partial charge in [-0.1, -0.05) is 36.1 Å². The molecule has 2 aromatic carbocycles. The molecule has 9 heteroatoms. The number of anilines is 1. The Kier molecular flexibility index (Phi) is 6.01. The highest BCUT2D eigenvalue weighted by Gasteiger charge is 2.36. The molecule has 2 unspecified atom stereocenters. The number of nitrogens with one attached hydrogen (secondary N) is 1. The van der Waals surface area contributed by atoms with Crippen molar-refractivity contribution in [2.24, 2.45) is 5.92 Å². The number of esters is 1. The van der Waals surface area contributed by atoms with Crippen molar-refractivity contribution in [3.63, 3.8) is 0 Å². The molecule has 1 aliphatic rings. The van der Waals surface area contributed by atoms with Crippen LogP contribution < -0.4 is 9.03 Å². The second kappa shape index (κ2) is 8.14. The monoisotopic (exact) mass is 410 g/mol. The molecule has 8 nitrogen and oxygen atoms in total. The van der Waals surface area contributed by atoms with Crippen LogP contribution in [0, 0.1) is 5.92 Å². The van der Waals surface area contributed by atoms with Crippen molar-refractivity contribution >= 4 is 33.4 Å². The number of hydrogen-bond donors (Lipinski definition) is 5. The maximum atomic E-state index is 10.9. The zero-order chi connectivity index (χ0) is 20.5. The minimum atomic E-state index is -3.39. The molecule has 0 aliphatic carbocycles. The number of nitrogens with zero attached hydrogens (tertiary/aromatic N) is 1. The number of carbonyl (C=O) groups excluding carboxylic acids is 1. The van der Waals surface area contributed by atoms with Gasteiger partial charge in [0.25, 0.3) is 0 Å². The number of aliphatic hydroxyl groups excluding tert-OH is 1. The fourth-order valence-corrected chi connectivity index (χ4v) is 4.55. The maximum absolute atomic E-state index is 10.9. The zero-order valence-electron chi connectivity index (χ0n) is 15.8. The van der Waals surface area contributed by atoms with E-state index in [0.29, 0.717) is 6.61 Å². The summed E-state index contributed by atoms with van der Waals surface area (Å²) in [6.07, 6.45) is 0.561. The standard InChI is InChI=1S/C19H26N2O6S/c1-12(11-27-13(2)22)3-4-14-5-6-15-9-18(23)17(8-16(15)7-14)21-10-19(24)20-28(21,25)26/h5-9,12,19-20,23-26H,3-4,10-11H2,1-2H3. The lowest BCUT2D eigenvalue weighted by Gasteiger charge is -2.37. The Morgan fingerprint density at radius 3 is 2.71 bits per heavy atom. The number of hydrogen-bond acceptors (Lipinski definition) is 8. The Bertz CT molecular complexity index is 875. The van der Waals surface area contributed by atoms with E-state index in [4.69, 9.17) is 4.74 Å². The first-order valence-corrected chi connectivity index (χ1v) is 10.6. The van der Waals surface area contributed by atoms with Gasteiger partial charge in [-0.2, -0.15) is 4.72 Å². The molecule has 28 heavy (non-hydrogen) atoms. The van der Waals surface area contributed by atoms with Crippen molar-refractivity contribution < 1.29 is 28.8 Å². The van der Waals surface area contributed by atoms with E-state index in [1.807, 2.05) is 25.1 Å². The van der Waals surface area contributed by atoms with Crippen LogP contribution in [0.2, 0.25) is 0 Å². The predicted octanol–water partition coefficient (Wildman–Crippen LogP) is 2.99. The van der Waals surface area contributed by atoms with E-state index in [1.165, 1.54) is 11.2 Å². The van der Waals surface area contributed by atoms with Gasteiger partial charge >= 0.3 is 5.97 Å². The second-order valence-corrected chi connectivity index (χ2v) is 8.90. The quantitative estimate of drug-likeness (QED) is 0.461. The highest BCUT2D eigenvalue weighted by molar-refractivity contribution is 8.24. The number of phenols is 1. The van der Waals surface area contributed by atoms with Gasteiger partial charge in [0.15, 0.2) is 0 Å². The van der Waals surface area contributed by atoms with E-state index < -0.39 is 17.2 Å². The molecular formula is C19H26N2O6S. The molecule has 1 saturated heterocycles. The van der Waals surface area contributed by atoms with Crippen LogP contribution in [0.5, 0.6) is 5.75 Å². The number of fused-ring (bicyclic) bond motifs is 1. The highest BCUT2D eigenvalue weighted by atomic mass is 32.3. The summed E-state index contributed by atoms with van der Waals surface area (Å²) in [5.74, 6) is -0.136. The highest BCUT2D eigenvalue weighted by Crippen LogP contribution is 2.50. The van der Waals surface area contributed by atoms with Crippen LogP contribution in [0.1, 0.15) is 25.8 Å². The topological polar surface area (TPSA) is 122 Å². The number of ether oxygens (including phenoxy) is 1. The summed E-state index contributed by atoms with van der Waals surface area (Å²) >= 11 is 0. The Labute approximate surface area is 165 Å². The van der Waals surface area contributed by atoms with Crippen molar-refractivity contribution in [1.29, 1.82) is 0 Å². The number of aromatic hydroxyl groups is 1. The Morgan fingerprint density at radius 2 is 2.07 bits per heavy atom. The van der Waals surface area contributed by atoms with Crippen LogP contribution in [0.25, 0.3) is 10.8 Å². The number of rotatable bonds is 6. The van der Waals surface area contributed by atoms with Crippen LogP contribution in [-0.2, 0) is 16.0 Å². The van der Waals surface area contributed by atoms with Crippen molar-refractivity contribution in [3.8, 4) is 5.75 Å². The smallest absolute Gasteiger partial charge is 0.302 e. The third kappa shape index (κ3) is 4.68. The van der Waals surface area contributed by atoms with Gasteiger partial charge in [0.1, 0.15) is 17.7 Å². The maximum Gasteiger partial charge on any atom is 0.302 e. The zero-order valence-corrected chi connectivity index (χ0v) is 16.6. The molecule has 1 fully saturated rings. The third-order valence-electron chi connectivity index (χ3n) is 4.70. The van der Waals surface area contributed by atoms with E-state index in [0.717, 1.165) is 29.2 Å². The molecule has 0 radical (unpaired) electrons. The van der Waals surface area contributed by atoms with Crippen molar-refractivity contribution in [1.82, 2.24) is 4.72 Å². The van der Waals surface area contributed by atoms with Gasteiger partial charge in [-0.25, -0.2) is 0 Å². The van der Waals surface area contributed by atoms with Crippen molar-refractivity contribution in [2.45, 2.75) is 32.9 Å². The molecule has 1 heterocycles. The van der Waals surface area contributed by atoms with Gasteiger partial charge < -0.3 is 14.9 Å². The molecular weight excluding hydrogens is 384 g/mol. The summed E-state index contributed by atoms with van der Waals surface area (Å²) in [5.41, 5.74) is 1.34. The molecule has 0 bridgehead atoms. The first kappa shape index (κ1) is 20.7. The van der Waals surface area contributed by atoms with Gasteiger partial charge in [0.2, 0.25) is 0 Å². The van der Waals surface area contributed by atoms with E-state index in [1.54, 1.807) is 12.1 Å². The number of β-amino-alcohol motifs (C(OH)–C–C–N with tert-alkyl or cyclic N) is 1. The fourth-order valence-electron chi connectivity index (χ4n) is 3.21. The Balaban J connectivity index is 1.79. The average Bonchev–Trinajstić information content (AvgIpc) is 2.89. The average molecular weight is 410 g/mol. The summed E-state index contributed by atoms with van der Waals surface area (Å²) < 4.78 is 28.7. The lowest BCUT2D eigenvalue weighted by molar-refractivity contribution is -0.142. The fraction of sp³-hybridized carbons (Fsp3) is 0.421. The van der Waals surface area contributed by atoms with Gasteiger partial charge in [0, 0.05) is 6.92 Å². The molecule has 154 valence electrons. The number of carbonyl (C=O) groups is 1. The molecule has 0 aromatic heterocycles. The minimum Gasteiger partial charge on any atom is -0.506 e. The molecule has 2 atom stereocenters. The van der Waals surface area contributed by atoms with Gasteiger partial charge in [0.05, 0.1) is 13.2 Å². The molecule has 3 rings (SSSR count). The van der Waals surface area contributed by atoms with E-state index in [-0.39, 0.29) is 29.9 Å². The van der Waals surface area contributed by atoms with Crippen LogP contribution in [0.4, 0.5) is 5.69 Å². The molecule has 2 aromatic rings. The summed E-state index contributed by atoms with van der Waals surface area (Å²) in [6, 6.07) is 9.12. The number of benzene rings is 2. The molecule has 0 amide bonds. The number of aliphatic hydroxyl groups is 1. The third-order valence-corrected chi connectivity index (χ3v) is 6.25. The first-order chi connectivity index (χ1) is 13.2. The van der Waals surface area contributed by atoms with E-state index >= 15 is 0 Å². The summed E-state index contributed by atoms with van der Waals surface area (Å²) in [4.78, 5) is 10.9. The van der Waals surface area contributed by atoms with Gasteiger partial charge in [-0.3, -0.25) is 18.2 Å². The van der Waals surface area contributed by atoms with Crippen molar-refractivity contribution in [3.05, 3.63) is 35.9 Å². The van der Waals surface area contributed by atoms with Crippen LogP contribution in [-0.4, -0.2) is 44.7 Å². The first-order valence-electron chi connectivity index (χ1n) is 9.06. The Morgan fingerprint density at radius 1 is 1.32 bits per heavy atom. The largest absolute Gasteiger partial charge is 0.506 e. The van der Waals surface area contributed by atoms with Gasteiger partial charge in [-0.15, -0.1) is 0 Å². The lowest BCUT2D eigenvalue weighted by atomic mass is 9.99. The molecule has 0 saturated carbocycles.